The minimum atomic E-state index is -0.417. The van der Waals surface area contributed by atoms with Crippen LogP contribution < -0.4 is 0 Å². The quantitative estimate of drug-likeness (QED) is 0.634. The second kappa shape index (κ2) is 3.97. The Morgan fingerprint density at radius 1 is 1.58 bits per heavy atom. The van der Waals surface area contributed by atoms with Crippen LogP contribution in [0.1, 0.15) is 17.4 Å². The summed E-state index contributed by atoms with van der Waals surface area (Å²) >= 11 is 0. The van der Waals surface area contributed by atoms with Crippen LogP contribution in [0.3, 0.4) is 0 Å². The van der Waals surface area contributed by atoms with E-state index in [4.69, 9.17) is 4.74 Å². The highest BCUT2D eigenvalue weighted by atomic mass is 16.5. The topological polar surface area (TPSA) is 39.2 Å². The molecule has 0 fully saturated rings. The minimum Gasteiger partial charge on any atom is -0.374 e. The lowest BCUT2D eigenvalue weighted by atomic mass is 10.2. The molecule has 0 bridgehead atoms. The Balaban J connectivity index is 2.79. The Morgan fingerprint density at radius 3 is 2.83 bits per heavy atom. The number of carbonyl (C=O) groups is 1. The predicted molar refractivity (Wildman–Crippen MR) is 45.0 cm³/mol. The maximum absolute atomic E-state index is 11.4. The third kappa shape index (κ3) is 1.89. The first kappa shape index (κ1) is 8.87. The molecule has 0 aliphatic heterocycles. The summed E-state index contributed by atoms with van der Waals surface area (Å²) in [5.41, 5.74) is 0.451. The summed E-state index contributed by atoms with van der Waals surface area (Å²) in [4.78, 5) is 15.3. The van der Waals surface area contributed by atoms with Crippen molar-refractivity contribution >= 4 is 5.78 Å². The van der Waals surface area contributed by atoms with Gasteiger partial charge in [0.1, 0.15) is 11.8 Å². The smallest absolute Gasteiger partial charge is 0.209 e. The number of ether oxygens (including phenoxy) is 1. The average Bonchev–Trinajstić information content (AvgIpc) is 2.17. The maximum Gasteiger partial charge on any atom is 0.209 e. The summed E-state index contributed by atoms with van der Waals surface area (Å²) in [6, 6.07) is 5.23. The average molecular weight is 165 g/mol. The lowest BCUT2D eigenvalue weighted by Gasteiger charge is -2.06. The van der Waals surface area contributed by atoms with Gasteiger partial charge in [-0.2, -0.15) is 0 Å². The normalized spacial score (nSPS) is 12.5. The number of methoxy groups -OCH3 is 1. The van der Waals surface area contributed by atoms with Crippen LogP contribution in [-0.2, 0) is 4.74 Å². The zero-order valence-electron chi connectivity index (χ0n) is 7.15. The fourth-order valence-electron chi connectivity index (χ4n) is 0.824. The molecule has 1 atom stereocenters. The van der Waals surface area contributed by atoms with Crippen molar-refractivity contribution in [2.24, 2.45) is 0 Å². The van der Waals surface area contributed by atoms with Crippen molar-refractivity contribution in [1.82, 2.24) is 4.98 Å². The number of hydrogen-bond acceptors (Lipinski definition) is 3. The monoisotopic (exact) mass is 165 g/mol. The number of ketones is 1. The summed E-state index contributed by atoms with van der Waals surface area (Å²) in [5, 5.41) is 0. The van der Waals surface area contributed by atoms with E-state index in [1.54, 1.807) is 31.3 Å². The van der Waals surface area contributed by atoms with E-state index >= 15 is 0 Å². The zero-order chi connectivity index (χ0) is 8.97. The predicted octanol–water partition coefficient (Wildman–Crippen LogP) is 1.30. The van der Waals surface area contributed by atoms with Crippen LogP contribution in [0, 0.1) is 0 Å². The SMILES string of the molecule is COC(C)C(=O)c1ccccn1. The summed E-state index contributed by atoms with van der Waals surface area (Å²) in [7, 11) is 1.51. The van der Waals surface area contributed by atoms with Gasteiger partial charge in [0.2, 0.25) is 5.78 Å². The van der Waals surface area contributed by atoms with Gasteiger partial charge in [-0.15, -0.1) is 0 Å². The molecule has 3 nitrogen and oxygen atoms in total. The van der Waals surface area contributed by atoms with Gasteiger partial charge in [-0.05, 0) is 19.1 Å². The number of nitrogens with zero attached hydrogens (tertiary/aromatic N) is 1. The van der Waals surface area contributed by atoms with Crippen molar-refractivity contribution in [2.45, 2.75) is 13.0 Å². The molecular weight excluding hydrogens is 154 g/mol. The standard InChI is InChI=1S/C9H11NO2/c1-7(12-2)9(11)8-5-3-4-6-10-8/h3-7H,1-2H3. The molecule has 1 unspecified atom stereocenters. The van der Waals surface area contributed by atoms with Crippen molar-refractivity contribution in [2.75, 3.05) is 7.11 Å². The molecule has 1 aromatic rings. The molecule has 0 spiro atoms. The summed E-state index contributed by atoms with van der Waals surface area (Å²) in [6.07, 6.45) is 1.18. The van der Waals surface area contributed by atoms with Crippen molar-refractivity contribution in [1.29, 1.82) is 0 Å². The Hall–Kier alpha value is -1.22. The number of aromatic nitrogens is 1. The van der Waals surface area contributed by atoms with E-state index < -0.39 is 6.10 Å². The molecule has 0 N–H and O–H groups in total. The van der Waals surface area contributed by atoms with Crippen molar-refractivity contribution in [3.63, 3.8) is 0 Å². The number of hydrogen-bond donors (Lipinski definition) is 0. The van der Waals surface area contributed by atoms with Gasteiger partial charge in [-0.1, -0.05) is 6.07 Å². The Bertz CT molecular complexity index is 258. The van der Waals surface area contributed by atoms with Gasteiger partial charge in [0.25, 0.3) is 0 Å². The summed E-state index contributed by atoms with van der Waals surface area (Å²) in [5.74, 6) is -0.0851. The summed E-state index contributed by atoms with van der Waals surface area (Å²) in [6.45, 7) is 1.71. The fraction of sp³-hybridized carbons (Fsp3) is 0.333. The number of carbonyl (C=O) groups excluding carboxylic acids is 1. The van der Waals surface area contributed by atoms with Gasteiger partial charge in [0, 0.05) is 13.3 Å². The van der Waals surface area contributed by atoms with E-state index in [9.17, 15) is 4.79 Å². The molecule has 0 saturated heterocycles. The van der Waals surface area contributed by atoms with E-state index in [0.717, 1.165) is 0 Å². The third-order valence-electron chi connectivity index (χ3n) is 1.64. The minimum absolute atomic E-state index is 0.0851. The molecule has 1 rings (SSSR count). The van der Waals surface area contributed by atoms with E-state index in [1.807, 2.05) is 0 Å². The second-order valence-electron chi connectivity index (χ2n) is 2.46. The third-order valence-corrected chi connectivity index (χ3v) is 1.64. The van der Waals surface area contributed by atoms with Crippen LogP contribution in [0.5, 0.6) is 0 Å². The number of Topliss-reactive ketones (excluding diaryl/α,β-unsaturated/α-hetero) is 1. The second-order valence-corrected chi connectivity index (χ2v) is 2.46. The number of rotatable bonds is 3. The van der Waals surface area contributed by atoms with Crippen LogP contribution >= 0.6 is 0 Å². The first-order chi connectivity index (χ1) is 5.75. The van der Waals surface area contributed by atoms with Gasteiger partial charge >= 0.3 is 0 Å². The number of pyridine rings is 1. The molecule has 3 heteroatoms. The zero-order valence-corrected chi connectivity index (χ0v) is 7.15. The molecule has 0 aromatic carbocycles. The highest BCUT2D eigenvalue weighted by Crippen LogP contribution is 2.01. The van der Waals surface area contributed by atoms with E-state index in [1.165, 1.54) is 7.11 Å². The van der Waals surface area contributed by atoms with Gasteiger partial charge in [0.15, 0.2) is 0 Å². The molecule has 12 heavy (non-hydrogen) atoms. The van der Waals surface area contributed by atoms with E-state index in [-0.39, 0.29) is 5.78 Å². The molecule has 64 valence electrons. The molecule has 1 heterocycles. The van der Waals surface area contributed by atoms with Crippen LogP contribution in [-0.4, -0.2) is 24.0 Å². The van der Waals surface area contributed by atoms with Gasteiger partial charge in [-0.3, -0.25) is 9.78 Å². The van der Waals surface area contributed by atoms with Gasteiger partial charge in [-0.25, -0.2) is 0 Å². The van der Waals surface area contributed by atoms with Gasteiger partial charge in [0.05, 0.1) is 0 Å². The molecule has 0 radical (unpaired) electrons. The molecular formula is C9H11NO2. The van der Waals surface area contributed by atoms with Crippen molar-refractivity contribution in [3.8, 4) is 0 Å². The first-order valence-electron chi connectivity index (χ1n) is 3.73. The Morgan fingerprint density at radius 2 is 2.33 bits per heavy atom. The molecule has 0 amide bonds. The van der Waals surface area contributed by atoms with Crippen LogP contribution in [0.4, 0.5) is 0 Å². The van der Waals surface area contributed by atoms with Crippen molar-refractivity contribution < 1.29 is 9.53 Å². The highest BCUT2D eigenvalue weighted by molar-refractivity contribution is 5.97. The maximum atomic E-state index is 11.4. The summed E-state index contributed by atoms with van der Waals surface area (Å²) < 4.78 is 4.88. The Labute approximate surface area is 71.4 Å². The lowest BCUT2D eigenvalue weighted by molar-refractivity contribution is 0.0650. The highest BCUT2D eigenvalue weighted by Gasteiger charge is 2.14. The molecule has 0 saturated carbocycles. The van der Waals surface area contributed by atoms with Crippen LogP contribution in [0.2, 0.25) is 0 Å². The van der Waals surface area contributed by atoms with Crippen molar-refractivity contribution in [3.05, 3.63) is 30.1 Å². The van der Waals surface area contributed by atoms with E-state index in [2.05, 4.69) is 4.98 Å². The largest absolute Gasteiger partial charge is 0.374 e. The Kier molecular flexibility index (Phi) is 2.94. The fourth-order valence-corrected chi connectivity index (χ4v) is 0.824. The van der Waals surface area contributed by atoms with Crippen LogP contribution in [0.15, 0.2) is 24.4 Å². The first-order valence-corrected chi connectivity index (χ1v) is 3.73. The molecule has 1 aromatic heterocycles. The molecule has 0 aliphatic carbocycles. The van der Waals surface area contributed by atoms with Crippen LogP contribution in [0.25, 0.3) is 0 Å². The molecule has 0 aliphatic rings. The van der Waals surface area contributed by atoms with E-state index in [0.29, 0.717) is 5.69 Å². The van der Waals surface area contributed by atoms with Gasteiger partial charge < -0.3 is 4.74 Å². The lowest BCUT2D eigenvalue weighted by Crippen LogP contribution is -2.19.